The molecule has 0 saturated carbocycles. The van der Waals surface area contributed by atoms with Crippen LogP contribution in [-0.2, 0) is 9.53 Å². The maximum atomic E-state index is 10.4. The second-order valence-electron chi connectivity index (χ2n) is 1.74. The Labute approximate surface area is 57.2 Å². The molecule has 0 amide bonds. The maximum absolute atomic E-state index is 10.4. The lowest BCUT2D eigenvalue weighted by Gasteiger charge is -2.12. The van der Waals surface area contributed by atoms with Crippen LogP contribution in [0.25, 0.3) is 0 Å². The highest BCUT2D eigenvalue weighted by Crippen LogP contribution is 2.00. The fourth-order valence-corrected chi connectivity index (χ4v) is 0.211. The zero-order valence-electron chi connectivity index (χ0n) is 5.37. The first-order chi connectivity index (χ1) is 4.33. The summed E-state index contributed by atoms with van der Waals surface area (Å²) in [5, 5.41) is 24.2. The molecule has 0 unspecified atom stereocenters. The Balaban J connectivity index is 3.93. The van der Waals surface area contributed by atoms with Crippen LogP contribution in [0.4, 0.5) is 0 Å². The van der Waals surface area contributed by atoms with Crippen LogP contribution in [0.2, 0.25) is 0 Å². The van der Waals surface area contributed by atoms with Crippen molar-refractivity contribution in [2.75, 3.05) is 0 Å². The van der Waals surface area contributed by atoms with Crippen LogP contribution in [0.5, 0.6) is 0 Å². The summed E-state index contributed by atoms with van der Waals surface area (Å²) < 4.78 is 3.63. The molecule has 58 valence electrons. The molecule has 5 nitrogen and oxygen atoms in total. The van der Waals surface area contributed by atoms with Crippen molar-refractivity contribution in [3.8, 4) is 0 Å². The minimum Gasteiger partial charge on any atom is -0.381 e. The molecule has 10 heavy (non-hydrogen) atoms. The first-order valence-corrected chi connectivity index (χ1v) is 2.39. The van der Waals surface area contributed by atoms with Crippen molar-refractivity contribution < 1.29 is 24.9 Å². The first kappa shape index (κ1) is 9.09. The molecule has 0 aromatic rings. The van der Waals surface area contributed by atoms with E-state index in [0.29, 0.717) is 0 Å². The normalized spacial score (nSPS) is 10.8. The zero-order chi connectivity index (χ0) is 8.36. The second kappa shape index (κ2) is 2.78. The lowest BCUT2D eigenvalue weighted by Crippen LogP contribution is -2.34. The summed E-state index contributed by atoms with van der Waals surface area (Å²) in [5.41, 5.74) is -0.0403. The van der Waals surface area contributed by atoms with E-state index in [1.54, 1.807) is 0 Å². The summed E-state index contributed by atoms with van der Waals surface area (Å²) in [6, 6.07) is 0. The van der Waals surface area contributed by atoms with Crippen LogP contribution in [-0.4, -0.2) is 27.4 Å². The van der Waals surface area contributed by atoms with Gasteiger partial charge in [-0.15, -0.1) is 0 Å². The molecule has 0 aromatic carbocycles. The van der Waals surface area contributed by atoms with Crippen molar-refractivity contribution in [3.05, 3.63) is 12.2 Å². The average molecular weight is 148 g/mol. The molecule has 0 atom stereocenters. The van der Waals surface area contributed by atoms with Gasteiger partial charge in [0.2, 0.25) is 0 Å². The third-order valence-electron chi connectivity index (χ3n) is 0.578. The summed E-state index contributed by atoms with van der Waals surface area (Å²) in [6.07, 6.45) is -3.41. The number of hydrogen-bond donors (Lipinski definition) is 3. The Kier molecular flexibility index (Phi) is 2.53. The molecule has 0 aliphatic rings. The number of rotatable bonds is 2. The SMILES string of the molecule is C=C(C)C(=O)OC(O)(O)O. The predicted molar refractivity (Wildman–Crippen MR) is 30.3 cm³/mol. The quantitative estimate of drug-likeness (QED) is 0.257. The van der Waals surface area contributed by atoms with E-state index in [1.165, 1.54) is 6.92 Å². The molecule has 3 N–H and O–H groups in total. The predicted octanol–water partition coefficient (Wildman–Crippen LogP) is -1.31. The third-order valence-corrected chi connectivity index (χ3v) is 0.578. The summed E-state index contributed by atoms with van der Waals surface area (Å²) in [4.78, 5) is 10.4. The third kappa shape index (κ3) is 4.02. The summed E-state index contributed by atoms with van der Waals surface area (Å²) in [7, 11) is 0. The van der Waals surface area contributed by atoms with Gasteiger partial charge in [0.25, 0.3) is 0 Å². The highest BCUT2D eigenvalue weighted by Gasteiger charge is 2.24. The van der Waals surface area contributed by atoms with E-state index in [-0.39, 0.29) is 5.57 Å². The van der Waals surface area contributed by atoms with E-state index in [2.05, 4.69) is 11.3 Å². The van der Waals surface area contributed by atoms with Crippen molar-refractivity contribution in [3.63, 3.8) is 0 Å². The van der Waals surface area contributed by atoms with Gasteiger partial charge >= 0.3 is 12.1 Å². The fourth-order valence-electron chi connectivity index (χ4n) is 0.211. The molecule has 0 saturated heterocycles. The summed E-state index contributed by atoms with van der Waals surface area (Å²) in [5.74, 6) is -1.08. The minimum absolute atomic E-state index is 0.0403. The largest absolute Gasteiger partial charge is 0.455 e. The van der Waals surface area contributed by atoms with E-state index >= 15 is 0 Å². The van der Waals surface area contributed by atoms with E-state index in [9.17, 15) is 4.79 Å². The molecular weight excluding hydrogens is 140 g/mol. The molecule has 0 fully saturated rings. The average Bonchev–Trinajstić information content (AvgIpc) is 1.60. The monoisotopic (exact) mass is 148 g/mol. The van der Waals surface area contributed by atoms with Gasteiger partial charge < -0.3 is 20.1 Å². The molecular formula is C5H8O5. The van der Waals surface area contributed by atoms with Crippen LogP contribution in [0.15, 0.2) is 12.2 Å². The Morgan fingerprint density at radius 1 is 1.50 bits per heavy atom. The van der Waals surface area contributed by atoms with E-state index in [4.69, 9.17) is 15.3 Å². The van der Waals surface area contributed by atoms with Gasteiger partial charge in [-0.1, -0.05) is 6.58 Å². The molecule has 0 radical (unpaired) electrons. The smallest absolute Gasteiger partial charge is 0.381 e. The van der Waals surface area contributed by atoms with Gasteiger partial charge in [0.05, 0.1) is 0 Å². The van der Waals surface area contributed by atoms with Crippen LogP contribution in [0.3, 0.4) is 0 Å². The summed E-state index contributed by atoms with van der Waals surface area (Å²) in [6.45, 7) is 4.43. The molecule has 5 heteroatoms. The van der Waals surface area contributed by atoms with Crippen molar-refractivity contribution in [2.45, 2.75) is 13.1 Å². The van der Waals surface area contributed by atoms with Gasteiger partial charge in [-0.25, -0.2) is 4.79 Å². The second-order valence-corrected chi connectivity index (χ2v) is 1.74. The molecule has 0 rings (SSSR count). The van der Waals surface area contributed by atoms with Crippen molar-refractivity contribution in [1.29, 1.82) is 0 Å². The van der Waals surface area contributed by atoms with E-state index in [1.807, 2.05) is 0 Å². The molecule has 0 bridgehead atoms. The van der Waals surface area contributed by atoms with Gasteiger partial charge in [0.15, 0.2) is 0 Å². The standard InChI is InChI=1S/C5H8O5/c1-3(2)4(6)10-5(7,8)9/h7-9H,1H2,2H3. The van der Waals surface area contributed by atoms with Crippen LogP contribution in [0, 0.1) is 0 Å². The van der Waals surface area contributed by atoms with Crippen LogP contribution >= 0.6 is 0 Å². The Hall–Kier alpha value is -0.910. The lowest BCUT2D eigenvalue weighted by molar-refractivity contribution is -0.434. The van der Waals surface area contributed by atoms with Crippen LogP contribution < -0.4 is 0 Å². The maximum Gasteiger partial charge on any atom is 0.455 e. The lowest BCUT2D eigenvalue weighted by atomic mass is 10.4. The Morgan fingerprint density at radius 2 is 1.90 bits per heavy atom. The topological polar surface area (TPSA) is 87.0 Å². The van der Waals surface area contributed by atoms with E-state index < -0.39 is 12.1 Å². The van der Waals surface area contributed by atoms with Gasteiger partial charge in [-0.2, -0.15) is 0 Å². The number of carbonyl (C=O) groups is 1. The molecule has 0 heterocycles. The Bertz CT molecular complexity index is 154. The minimum atomic E-state index is -3.41. The number of esters is 1. The zero-order valence-corrected chi connectivity index (χ0v) is 5.37. The molecule has 0 spiro atoms. The van der Waals surface area contributed by atoms with Gasteiger partial charge in [0, 0.05) is 5.57 Å². The van der Waals surface area contributed by atoms with Crippen LogP contribution in [0.1, 0.15) is 6.92 Å². The fraction of sp³-hybridized carbons (Fsp3) is 0.400. The van der Waals surface area contributed by atoms with Crippen molar-refractivity contribution in [1.82, 2.24) is 0 Å². The van der Waals surface area contributed by atoms with Gasteiger partial charge in [-0.05, 0) is 6.92 Å². The highest BCUT2D eigenvalue weighted by atomic mass is 16.9. The number of carbonyl (C=O) groups excluding carboxylic acids is 1. The summed E-state index contributed by atoms with van der Waals surface area (Å²) >= 11 is 0. The number of ether oxygens (including phenoxy) is 1. The van der Waals surface area contributed by atoms with Crippen molar-refractivity contribution in [2.24, 2.45) is 0 Å². The number of aliphatic hydroxyl groups is 3. The number of hydrogen-bond acceptors (Lipinski definition) is 5. The first-order valence-electron chi connectivity index (χ1n) is 2.39. The van der Waals surface area contributed by atoms with Gasteiger partial charge in [0.1, 0.15) is 0 Å². The van der Waals surface area contributed by atoms with Crippen molar-refractivity contribution >= 4 is 5.97 Å². The molecule has 0 aromatic heterocycles. The molecule has 0 aliphatic carbocycles. The van der Waals surface area contributed by atoms with E-state index in [0.717, 1.165) is 0 Å². The van der Waals surface area contributed by atoms with Gasteiger partial charge in [-0.3, -0.25) is 0 Å². The highest BCUT2D eigenvalue weighted by molar-refractivity contribution is 5.87. The molecule has 0 aliphatic heterocycles. The Morgan fingerprint density at radius 3 is 2.00 bits per heavy atom.